The van der Waals surface area contributed by atoms with Gasteiger partial charge >= 0.3 is 0 Å². The van der Waals surface area contributed by atoms with Gasteiger partial charge in [-0.25, -0.2) is 0 Å². The van der Waals surface area contributed by atoms with Crippen LogP contribution < -0.4 is 10.2 Å². The second-order valence-corrected chi connectivity index (χ2v) is 4.93. The fraction of sp³-hybridized carbons (Fsp3) is 0.308. The number of phenols is 1. The van der Waals surface area contributed by atoms with E-state index < -0.39 is 0 Å². The summed E-state index contributed by atoms with van der Waals surface area (Å²) >= 11 is 1.33. The molecule has 1 aromatic heterocycles. The number of hydrogen-bond donors (Lipinski definition) is 1. The molecule has 0 fully saturated rings. The molecule has 18 heavy (non-hydrogen) atoms. The predicted molar refractivity (Wildman–Crippen MR) is 71.7 cm³/mol. The lowest BCUT2D eigenvalue weighted by atomic mass is 10.2. The molecule has 5 heteroatoms. The van der Waals surface area contributed by atoms with E-state index in [1.165, 1.54) is 23.9 Å². The van der Waals surface area contributed by atoms with Gasteiger partial charge < -0.3 is 14.3 Å². The Morgan fingerprint density at radius 3 is 2.67 bits per heavy atom. The number of benzene rings is 1. The highest BCUT2D eigenvalue weighted by Crippen LogP contribution is 2.30. The summed E-state index contributed by atoms with van der Waals surface area (Å²) < 4.78 is 11.0. The van der Waals surface area contributed by atoms with Crippen molar-refractivity contribution in [2.24, 2.45) is 0 Å². The van der Waals surface area contributed by atoms with Crippen LogP contribution in [-0.4, -0.2) is 17.5 Å². The zero-order valence-electron chi connectivity index (χ0n) is 10.4. The van der Waals surface area contributed by atoms with Gasteiger partial charge in [-0.3, -0.25) is 4.79 Å². The third-order valence-electron chi connectivity index (χ3n) is 2.33. The predicted octanol–water partition coefficient (Wildman–Crippen LogP) is 3.01. The summed E-state index contributed by atoms with van der Waals surface area (Å²) in [6.07, 6.45) is 1.80. The van der Waals surface area contributed by atoms with Crippen molar-refractivity contribution in [2.45, 2.75) is 25.0 Å². The van der Waals surface area contributed by atoms with E-state index in [1.807, 2.05) is 20.1 Å². The molecule has 0 aliphatic carbocycles. The lowest BCUT2D eigenvalue weighted by Crippen LogP contribution is -2.06. The maximum absolute atomic E-state index is 11.8. The van der Waals surface area contributed by atoms with E-state index in [0.717, 1.165) is 0 Å². The molecule has 0 unspecified atom stereocenters. The normalized spacial score (nSPS) is 11.1. The minimum Gasteiger partial charge on any atom is -0.507 e. The van der Waals surface area contributed by atoms with Gasteiger partial charge in [-0.2, -0.15) is 0 Å². The van der Waals surface area contributed by atoms with E-state index >= 15 is 0 Å². The van der Waals surface area contributed by atoms with Crippen LogP contribution in [0.2, 0.25) is 0 Å². The third kappa shape index (κ3) is 2.46. The molecule has 0 saturated carbocycles. The van der Waals surface area contributed by atoms with Crippen molar-refractivity contribution in [3.63, 3.8) is 0 Å². The summed E-state index contributed by atoms with van der Waals surface area (Å²) in [7, 11) is 0. The van der Waals surface area contributed by atoms with Crippen LogP contribution >= 0.6 is 11.8 Å². The minimum atomic E-state index is -0.255. The third-order valence-corrected chi connectivity index (χ3v) is 2.94. The van der Waals surface area contributed by atoms with E-state index in [-0.39, 0.29) is 22.7 Å². The summed E-state index contributed by atoms with van der Waals surface area (Å²) in [6.45, 7) is 3.77. The van der Waals surface area contributed by atoms with Gasteiger partial charge in [-0.1, -0.05) is 11.8 Å². The molecule has 0 aliphatic rings. The minimum absolute atomic E-state index is 0.0164. The first-order valence-corrected chi connectivity index (χ1v) is 6.75. The van der Waals surface area contributed by atoms with Crippen LogP contribution in [0.4, 0.5) is 0 Å². The standard InChI is InChI=1S/C13H14O4S/c1-7(2)16-8-4-9(14)13-10(15)6-12(18-3)17-11(13)5-8/h4-7,14H,1-3H3. The van der Waals surface area contributed by atoms with Crippen molar-refractivity contribution in [3.05, 3.63) is 28.4 Å². The van der Waals surface area contributed by atoms with Crippen LogP contribution in [0.15, 0.2) is 32.5 Å². The van der Waals surface area contributed by atoms with Crippen LogP contribution in [0.3, 0.4) is 0 Å². The van der Waals surface area contributed by atoms with Gasteiger partial charge in [0.05, 0.1) is 6.10 Å². The molecule has 2 rings (SSSR count). The number of ether oxygens (including phenoxy) is 1. The quantitative estimate of drug-likeness (QED) is 0.865. The van der Waals surface area contributed by atoms with Gasteiger partial charge in [0, 0.05) is 18.2 Å². The number of phenolic OH excluding ortho intramolecular Hbond substituents is 1. The van der Waals surface area contributed by atoms with Gasteiger partial charge in [-0.15, -0.1) is 0 Å². The molecule has 4 nitrogen and oxygen atoms in total. The molecule has 96 valence electrons. The van der Waals surface area contributed by atoms with Crippen molar-refractivity contribution in [2.75, 3.05) is 6.26 Å². The zero-order chi connectivity index (χ0) is 13.3. The first-order chi connectivity index (χ1) is 8.51. The smallest absolute Gasteiger partial charge is 0.197 e. The first kappa shape index (κ1) is 12.8. The second kappa shape index (κ2) is 4.94. The summed E-state index contributed by atoms with van der Waals surface area (Å²) in [5.74, 6) is 0.362. The lowest BCUT2D eigenvalue weighted by molar-refractivity contribution is 0.241. The average molecular weight is 266 g/mol. The Morgan fingerprint density at radius 1 is 1.33 bits per heavy atom. The average Bonchev–Trinajstić information content (AvgIpc) is 2.26. The Balaban J connectivity index is 2.66. The maximum atomic E-state index is 11.8. The summed E-state index contributed by atoms with van der Waals surface area (Å²) in [4.78, 5) is 11.8. The van der Waals surface area contributed by atoms with Crippen molar-refractivity contribution in [1.29, 1.82) is 0 Å². The Bertz CT molecular complexity index is 631. The van der Waals surface area contributed by atoms with Crippen molar-refractivity contribution >= 4 is 22.7 Å². The number of hydrogen-bond acceptors (Lipinski definition) is 5. The van der Waals surface area contributed by atoms with E-state index in [0.29, 0.717) is 16.4 Å². The van der Waals surface area contributed by atoms with Crippen LogP contribution in [0.1, 0.15) is 13.8 Å². The van der Waals surface area contributed by atoms with Gasteiger partial charge in [0.25, 0.3) is 0 Å². The summed E-state index contributed by atoms with van der Waals surface area (Å²) in [5, 5.41) is 10.6. The second-order valence-electron chi connectivity index (χ2n) is 4.12. The largest absolute Gasteiger partial charge is 0.507 e. The topological polar surface area (TPSA) is 59.7 Å². The fourth-order valence-corrected chi connectivity index (χ4v) is 2.06. The van der Waals surface area contributed by atoms with Crippen LogP contribution in [-0.2, 0) is 0 Å². The van der Waals surface area contributed by atoms with E-state index in [9.17, 15) is 9.90 Å². The fourth-order valence-electron chi connectivity index (χ4n) is 1.66. The summed E-state index contributed by atoms with van der Waals surface area (Å²) in [6, 6.07) is 4.42. The monoisotopic (exact) mass is 266 g/mol. The molecule has 0 aliphatic heterocycles. The number of fused-ring (bicyclic) bond motifs is 1. The van der Waals surface area contributed by atoms with Gasteiger partial charge in [0.15, 0.2) is 10.5 Å². The molecule has 0 atom stereocenters. The van der Waals surface area contributed by atoms with Crippen LogP contribution in [0.25, 0.3) is 11.0 Å². The number of rotatable bonds is 3. The molecular formula is C13H14O4S. The molecule has 0 radical (unpaired) electrons. The van der Waals surface area contributed by atoms with Gasteiger partial charge in [-0.05, 0) is 20.1 Å². The Labute approximate surface area is 109 Å². The van der Waals surface area contributed by atoms with E-state index in [2.05, 4.69) is 0 Å². The molecule has 0 spiro atoms. The van der Waals surface area contributed by atoms with Crippen molar-refractivity contribution < 1.29 is 14.3 Å². The Morgan fingerprint density at radius 2 is 2.06 bits per heavy atom. The van der Waals surface area contributed by atoms with Gasteiger partial charge in [0.2, 0.25) is 0 Å². The van der Waals surface area contributed by atoms with E-state index in [4.69, 9.17) is 9.15 Å². The lowest BCUT2D eigenvalue weighted by Gasteiger charge is -2.11. The molecule has 1 heterocycles. The first-order valence-electron chi connectivity index (χ1n) is 5.52. The molecule has 0 bridgehead atoms. The van der Waals surface area contributed by atoms with Crippen molar-refractivity contribution in [1.82, 2.24) is 0 Å². The molecular weight excluding hydrogens is 252 g/mol. The molecule has 2 aromatic rings. The molecule has 0 saturated heterocycles. The van der Waals surface area contributed by atoms with Crippen LogP contribution in [0.5, 0.6) is 11.5 Å². The highest BCUT2D eigenvalue weighted by molar-refractivity contribution is 7.98. The zero-order valence-corrected chi connectivity index (χ0v) is 11.2. The van der Waals surface area contributed by atoms with Gasteiger partial charge in [0.1, 0.15) is 22.5 Å². The maximum Gasteiger partial charge on any atom is 0.197 e. The van der Waals surface area contributed by atoms with Crippen molar-refractivity contribution in [3.8, 4) is 11.5 Å². The number of aromatic hydroxyl groups is 1. The highest BCUT2D eigenvalue weighted by Gasteiger charge is 2.12. The Hall–Kier alpha value is -1.62. The number of thioether (sulfide) groups is 1. The molecule has 0 amide bonds. The molecule has 1 aromatic carbocycles. The SMILES string of the molecule is CSc1cc(=O)c2c(O)cc(OC(C)C)cc2o1. The Kier molecular flexibility index (Phi) is 3.52. The van der Waals surface area contributed by atoms with E-state index in [1.54, 1.807) is 6.07 Å². The highest BCUT2D eigenvalue weighted by atomic mass is 32.2. The summed E-state index contributed by atoms with van der Waals surface area (Å²) in [5.41, 5.74) is 0.0803. The van der Waals surface area contributed by atoms with Crippen LogP contribution in [0, 0.1) is 0 Å². The molecule has 1 N–H and O–H groups in total.